The number of nitrogens with zero attached hydrogens (tertiary/aromatic N) is 3. The lowest BCUT2D eigenvalue weighted by atomic mass is 9.97. The molecule has 3 aliphatic heterocycles. The number of amides is 2. The lowest BCUT2D eigenvalue weighted by Crippen LogP contribution is -2.59. The van der Waals surface area contributed by atoms with Crippen LogP contribution in [0.5, 0.6) is 0 Å². The van der Waals surface area contributed by atoms with E-state index in [4.69, 9.17) is 4.99 Å². The molecule has 0 aromatic heterocycles. The highest BCUT2D eigenvalue weighted by atomic mass is 79.9. The molecule has 1 atom stereocenters. The van der Waals surface area contributed by atoms with E-state index < -0.39 is 23.3 Å². The number of benzene rings is 2. The van der Waals surface area contributed by atoms with E-state index in [1.54, 1.807) is 18.2 Å². The van der Waals surface area contributed by atoms with Gasteiger partial charge in [-0.2, -0.15) is 0 Å². The van der Waals surface area contributed by atoms with Crippen molar-refractivity contribution in [2.45, 2.75) is 12.6 Å². The number of hydrogen-bond acceptors (Lipinski definition) is 6. The van der Waals surface area contributed by atoms with Crippen molar-refractivity contribution in [3.63, 3.8) is 0 Å². The molecule has 29 heavy (non-hydrogen) atoms. The van der Waals surface area contributed by atoms with Gasteiger partial charge in [0.1, 0.15) is 11.5 Å². The monoisotopic (exact) mass is 473 g/mol. The van der Waals surface area contributed by atoms with E-state index in [0.29, 0.717) is 32.7 Å². The molecule has 2 aromatic carbocycles. The third kappa shape index (κ3) is 2.55. The van der Waals surface area contributed by atoms with Crippen LogP contribution in [0, 0.1) is 5.82 Å². The number of hydrogen-bond donors (Lipinski definition) is 2. The molecule has 0 aliphatic carbocycles. The van der Waals surface area contributed by atoms with Crippen LogP contribution in [0.15, 0.2) is 51.0 Å². The van der Waals surface area contributed by atoms with E-state index in [2.05, 4.69) is 31.7 Å². The van der Waals surface area contributed by atoms with Gasteiger partial charge < -0.3 is 5.32 Å². The Morgan fingerprint density at radius 3 is 2.83 bits per heavy atom. The zero-order valence-corrected chi connectivity index (χ0v) is 17.4. The topological polar surface area (TPSA) is 86.2 Å². The van der Waals surface area contributed by atoms with Crippen LogP contribution in [0.1, 0.15) is 12.5 Å². The molecular formula is C19H13BrFN5O2S. The largest absolute Gasteiger partial charge is 0.321 e. The second-order valence-electron chi connectivity index (χ2n) is 6.54. The van der Waals surface area contributed by atoms with Crippen LogP contribution in [0.25, 0.3) is 5.70 Å². The van der Waals surface area contributed by atoms with E-state index in [1.165, 1.54) is 35.0 Å². The molecule has 7 nitrogen and oxygen atoms in total. The number of halogens is 2. The van der Waals surface area contributed by atoms with Gasteiger partial charge >= 0.3 is 0 Å². The first kappa shape index (κ1) is 18.3. The summed E-state index contributed by atoms with van der Waals surface area (Å²) in [4.78, 5) is 31.0. The SMILES string of the molecule is CCSC1=NN2C(=c3cc(Br)ccc3=NC23C(=O)Nc2ccc(F)cc23)C(=O)N1. The minimum Gasteiger partial charge on any atom is -0.321 e. The molecule has 0 saturated carbocycles. The number of anilines is 1. The maximum absolute atomic E-state index is 14.1. The number of thioether (sulfide) groups is 1. The molecule has 0 saturated heterocycles. The summed E-state index contributed by atoms with van der Waals surface area (Å²) in [5.74, 6) is -0.733. The fraction of sp³-hybridized carbons (Fsp3) is 0.158. The van der Waals surface area contributed by atoms with Crippen LogP contribution < -0.4 is 21.2 Å². The molecule has 0 radical (unpaired) electrons. The normalized spacial score (nSPS) is 21.7. The smallest absolute Gasteiger partial charge is 0.279 e. The van der Waals surface area contributed by atoms with Gasteiger partial charge in [-0.15, -0.1) is 5.10 Å². The predicted molar refractivity (Wildman–Crippen MR) is 111 cm³/mol. The Morgan fingerprint density at radius 2 is 2.03 bits per heavy atom. The van der Waals surface area contributed by atoms with Crippen molar-refractivity contribution >= 4 is 56.1 Å². The Labute approximate surface area is 176 Å². The summed E-state index contributed by atoms with van der Waals surface area (Å²) in [7, 11) is 0. The average Bonchev–Trinajstić information content (AvgIpc) is 2.94. The quantitative estimate of drug-likeness (QED) is 0.658. The Bertz CT molecular complexity index is 1260. The van der Waals surface area contributed by atoms with Gasteiger partial charge in [0.05, 0.1) is 5.36 Å². The fourth-order valence-corrected chi connectivity index (χ4v) is 4.61. The van der Waals surface area contributed by atoms with Gasteiger partial charge in [-0.3, -0.25) is 14.9 Å². The average molecular weight is 474 g/mol. The summed E-state index contributed by atoms with van der Waals surface area (Å²) >= 11 is 4.74. The molecule has 0 fully saturated rings. The van der Waals surface area contributed by atoms with E-state index in [1.807, 2.05) is 6.92 Å². The maximum atomic E-state index is 14.1. The third-order valence-corrected chi connectivity index (χ3v) is 6.08. The van der Waals surface area contributed by atoms with Gasteiger partial charge in [-0.1, -0.05) is 34.6 Å². The molecule has 1 spiro atoms. The number of fused-ring (bicyclic) bond motifs is 5. The van der Waals surface area contributed by atoms with Crippen LogP contribution in [0.3, 0.4) is 0 Å². The molecule has 2 N–H and O–H groups in total. The van der Waals surface area contributed by atoms with Crippen molar-refractivity contribution in [1.82, 2.24) is 10.3 Å². The van der Waals surface area contributed by atoms with Gasteiger partial charge in [0.2, 0.25) is 0 Å². The van der Waals surface area contributed by atoms with E-state index in [-0.39, 0.29) is 5.70 Å². The van der Waals surface area contributed by atoms with Crippen molar-refractivity contribution in [2.75, 3.05) is 11.1 Å². The molecule has 10 heteroatoms. The first-order valence-electron chi connectivity index (χ1n) is 8.78. The standard InChI is InChI=1S/C19H13BrFN5O2S/c1-2-29-18-23-16(27)15-11-7-9(20)3-5-13(11)24-19(26(15)25-18)12-8-10(21)4-6-14(12)22-17(19)28/h3-8H,2H2,1H3,(H,22,28)(H,23,25,27). The summed E-state index contributed by atoms with van der Waals surface area (Å²) < 4.78 is 14.9. The van der Waals surface area contributed by atoms with Crippen LogP contribution in [-0.4, -0.2) is 27.7 Å². The van der Waals surface area contributed by atoms with Crippen LogP contribution >= 0.6 is 27.7 Å². The molecule has 2 amide bonds. The number of nitrogens with one attached hydrogen (secondary N) is 2. The second kappa shape index (κ2) is 6.39. The highest BCUT2D eigenvalue weighted by Crippen LogP contribution is 2.45. The molecule has 3 heterocycles. The lowest BCUT2D eigenvalue weighted by Gasteiger charge is -2.39. The Morgan fingerprint density at radius 1 is 1.21 bits per heavy atom. The Balaban J connectivity index is 1.90. The fourth-order valence-electron chi connectivity index (χ4n) is 3.67. The molecule has 0 bridgehead atoms. The maximum Gasteiger partial charge on any atom is 0.279 e. The molecule has 146 valence electrons. The summed E-state index contributed by atoms with van der Waals surface area (Å²) in [6.07, 6.45) is 0. The molecule has 1 unspecified atom stereocenters. The van der Waals surface area contributed by atoms with Crippen molar-refractivity contribution in [3.8, 4) is 0 Å². The van der Waals surface area contributed by atoms with E-state index >= 15 is 0 Å². The van der Waals surface area contributed by atoms with Crippen molar-refractivity contribution < 1.29 is 14.0 Å². The van der Waals surface area contributed by atoms with Gasteiger partial charge in [-0.25, -0.2) is 14.4 Å². The molecule has 5 rings (SSSR count). The second-order valence-corrected chi connectivity index (χ2v) is 8.71. The van der Waals surface area contributed by atoms with E-state index in [0.717, 1.165) is 4.47 Å². The van der Waals surface area contributed by atoms with Crippen molar-refractivity contribution in [1.29, 1.82) is 0 Å². The minimum absolute atomic E-state index is 0.184. The highest BCUT2D eigenvalue weighted by molar-refractivity contribution is 9.10. The minimum atomic E-state index is -1.70. The number of carbonyl (C=O) groups is 2. The van der Waals surface area contributed by atoms with Crippen LogP contribution in [0.4, 0.5) is 10.1 Å². The molecule has 3 aliphatic rings. The number of rotatable bonds is 1. The zero-order chi connectivity index (χ0) is 20.3. The van der Waals surface area contributed by atoms with Crippen LogP contribution in [-0.2, 0) is 15.3 Å². The first-order chi connectivity index (χ1) is 13.9. The number of hydrazone groups is 1. The van der Waals surface area contributed by atoms with Crippen molar-refractivity contribution in [2.24, 2.45) is 10.1 Å². The van der Waals surface area contributed by atoms with Gasteiger partial charge in [0.25, 0.3) is 17.5 Å². The van der Waals surface area contributed by atoms with Crippen LogP contribution in [0.2, 0.25) is 0 Å². The van der Waals surface area contributed by atoms with Gasteiger partial charge in [-0.05, 0) is 42.2 Å². The van der Waals surface area contributed by atoms with Crippen molar-refractivity contribution in [3.05, 3.63) is 62.8 Å². The summed E-state index contributed by atoms with van der Waals surface area (Å²) in [6.45, 7) is 1.92. The molecular weight excluding hydrogens is 461 g/mol. The van der Waals surface area contributed by atoms with Gasteiger partial charge in [0.15, 0.2) is 5.17 Å². The lowest BCUT2D eigenvalue weighted by molar-refractivity contribution is -0.127. The predicted octanol–water partition coefficient (Wildman–Crippen LogP) is 1.59. The summed E-state index contributed by atoms with van der Waals surface area (Å²) in [5.41, 5.74) is -0.770. The highest BCUT2D eigenvalue weighted by Gasteiger charge is 2.56. The Kier molecular flexibility index (Phi) is 4.04. The number of carbonyl (C=O) groups excluding carboxylic acids is 2. The van der Waals surface area contributed by atoms with E-state index in [9.17, 15) is 14.0 Å². The number of amidine groups is 1. The summed E-state index contributed by atoms with van der Waals surface area (Å²) in [5, 5.41) is 12.7. The Hall–Kier alpha value is -2.72. The summed E-state index contributed by atoms with van der Waals surface area (Å²) in [6, 6.07) is 9.24. The molecule has 2 aromatic rings. The first-order valence-corrected chi connectivity index (χ1v) is 10.6. The van der Waals surface area contributed by atoms with Gasteiger partial charge in [0, 0.05) is 20.9 Å². The zero-order valence-electron chi connectivity index (χ0n) is 15.0. The third-order valence-electron chi connectivity index (χ3n) is 4.84.